The number of hydrogen-bond donors (Lipinski definition) is 0. The third kappa shape index (κ3) is 5.49. The summed E-state index contributed by atoms with van der Waals surface area (Å²) in [7, 11) is 0. The van der Waals surface area contributed by atoms with Crippen molar-refractivity contribution < 1.29 is 22.0 Å². The van der Waals surface area contributed by atoms with Crippen molar-refractivity contribution in [2.45, 2.75) is 102 Å². The van der Waals surface area contributed by atoms with E-state index in [2.05, 4.69) is 6.92 Å². The van der Waals surface area contributed by atoms with E-state index < -0.39 is 35.0 Å². The van der Waals surface area contributed by atoms with Gasteiger partial charge in [-0.3, -0.25) is 0 Å². The third-order valence-corrected chi connectivity index (χ3v) is 8.11. The first-order valence-electron chi connectivity index (χ1n) is 13.0. The van der Waals surface area contributed by atoms with Gasteiger partial charge in [-0.05, 0) is 97.6 Å². The van der Waals surface area contributed by atoms with E-state index in [0.29, 0.717) is 12.0 Å². The van der Waals surface area contributed by atoms with E-state index in [1.54, 1.807) is 0 Å². The molecular formula is C29H35F5. The molecule has 0 aliphatic heterocycles. The molecule has 0 heterocycles. The molecule has 2 aromatic rings. The maximum absolute atomic E-state index is 15.1. The molecule has 0 nitrogen and oxygen atoms in total. The minimum atomic E-state index is -1.48. The van der Waals surface area contributed by atoms with Gasteiger partial charge in [-0.2, -0.15) is 0 Å². The zero-order chi connectivity index (χ0) is 24.2. The van der Waals surface area contributed by atoms with E-state index in [-0.39, 0.29) is 29.9 Å². The summed E-state index contributed by atoms with van der Waals surface area (Å²) in [6.07, 6.45) is 12.4. The van der Waals surface area contributed by atoms with E-state index in [0.717, 1.165) is 43.2 Å². The number of fused-ring (bicyclic) bond motifs is 1. The molecule has 5 heteroatoms. The Hall–Kier alpha value is -1.91. The van der Waals surface area contributed by atoms with Gasteiger partial charge in [0.2, 0.25) is 0 Å². The SMILES string of the molecule is CCCCCCCC1CCC(c2cc(F)c(C3CCc4c(cc(F)c(F)c4F)C3)c(F)c2)CC1. The quantitative estimate of drug-likeness (QED) is 0.201. The molecule has 186 valence electrons. The molecule has 1 unspecified atom stereocenters. The molecule has 4 rings (SSSR count). The summed E-state index contributed by atoms with van der Waals surface area (Å²) in [5.41, 5.74) is 1.12. The summed E-state index contributed by atoms with van der Waals surface area (Å²) in [6, 6.07) is 3.90. The smallest absolute Gasteiger partial charge is 0.194 e. The van der Waals surface area contributed by atoms with Crippen molar-refractivity contribution in [3.05, 3.63) is 69.5 Å². The van der Waals surface area contributed by atoms with Gasteiger partial charge >= 0.3 is 0 Å². The Bertz CT molecular complexity index is 967. The molecule has 34 heavy (non-hydrogen) atoms. The van der Waals surface area contributed by atoms with E-state index in [9.17, 15) is 13.2 Å². The fourth-order valence-corrected chi connectivity index (χ4v) is 6.12. The zero-order valence-corrected chi connectivity index (χ0v) is 20.0. The van der Waals surface area contributed by atoms with Crippen LogP contribution in [0.25, 0.3) is 0 Å². The molecule has 0 spiro atoms. The summed E-state index contributed by atoms with van der Waals surface area (Å²) >= 11 is 0. The average Bonchev–Trinajstić information content (AvgIpc) is 2.82. The number of halogens is 5. The van der Waals surface area contributed by atoms with Crippen LogP contribution in [0.15, 0.2) is 18.2 Å². The topological polar surface area (TPSA) is 0 Å². The number of benzene rings is 2. The van der Waals surface area contributed by atoms with Crippen LogP contribution in [-0.2, 0) is 12.8 Å². The second kappa shape index (κ2) is 11.2. The monoisotopic (exact) mass is 478 g/mol. The Kier molecular flexibility index (Phi) is 8.31. The molecular weight excluding hydrogens is 443 g/mol. The van der Waals surface area contributed by atoms with Crippen LogP contribution in [0, 0.1) is 35.0 Å². The van der Waals surface area contributed by atoms with Gasteiger partial charge in [-0.1, -0.05) is 45.4 Å². The lowest BCUT2D eigenvalue weighted by molar-refractivity contribution is 0.301. The Labute approximate surface area is 200 Å². The van der Waals surface area contributed by atoms with E-state index >= 15 is 8.78 Å². The lowest BCUT2D eigenvalue weighted by Crippen LogP contribution is -2.19. The van der Waals surface area contributed by atoms with Crippen molar-refractivity contribution in [3.8, 4) is 0 Å². The first kappa shape index (κ1) is 25.2. The first-order chi connectivity index (χ1) is 16.4. The molecule has 0 aromatic heterocycles. The minimum absolute atomic E-state index is 0.0136. The minimum Gasteiger partial charge on any atom is -0.207 e. The Morgan fingerprint density at radius 1 is 0.706 bits per heavy atom. The molecule has 0 saturated heterocycles. The second-order valence-corrected chi connectivity index (χ2v) is 10.4. The second-order valence-electron chi connectivity index (χ2n) is 10.4. The van der Waals surface area contributed by atoms with Gasteiger partial charge in [0.25, 0.3) is 0 Å². The van der Waals surface area contributed by atoms with E-state index in [4.69, 9.17) is 0 Å². The van der Waals surface area contributed by atoms with Gasteiger partial charge in [0.05, 0.1) is 0 Å². The Balaban J connectivity index is 1.40. The van der Waals surface area contributed by atoms with Crippen LogP contribution in [0.5, 0.6) is 0 Å². The lowest BCUT2D eigenvalue weighted by Gasteiger charge is -2.30. The van der Waals surface area contributed by atoms with Crippen LogP contribution in [-0.4, -0.2) is 0 Å². The van der Waals surface area contributed by atoms with Crippen LogP contribution >= 0.6 is 0 Å². The van der Waals surface area contributed by atoms with E-state index in [1.807, 2.05) is 0 Å². The third-order valence-electron chi connectivity index (χ3n) is 8.11. The normalized spacial score (nSPS) is 22.6. The summed E-state index contributed by atoms with van der Waals surface area (Å²) < 4.78 is 71.6. The molecule has 1 fully saturated rings. The zero-order valence-electron chi connectivity index (χ0n) is 20.0. The van der Waals surface area contributed by atoms with Crippen LogP contribution in [0.2, 0.25) is 0 Å². The molecule has 0 N–H and O–H groups in total. The number of hydrogen-bond acceptors (Lipinski definition) is 0. The summed E-state index contributed by atoms with van der Waals surface area (Å²) in [6.45, 7) is 2.22. The molecule has 2 aliphatic rings. The van der Waals surface area contributed by atoms with Gasteiger partial charge < -0.3 is 0 Å². The standard InChI is InChI=1S/C29H35F5/c1-2-3-4-5-6-7-18-8-10-19(11-9-18)21-15-24(30)27(25(31)16-21)20-12-13-23-22(14-20)17-26(32)29(34)28(23)33/h15-20H,2-14H2,1H3. The summed E-state index contributed by atoms with van der Waals surface area (Å²) in [5, 5.41) is 0. The number of rotatable bonds is 8. The Morgan fingerprint density at radius 2 is 1.38 bits per heavy atom. The summed E-state index contributed by atoms with van der Waals surface area (Å²) in [4.78, 5) is 0. The number of unbranched alkanes of at least 4 members (excludes halogenated alkanes) is 4. The van der Waals surface area contributed by atoms with Gasteiger partial charge in [0, 0.05) is 5.56 Å². The van der Waals surface area contributed by atoms with Crippen molar-refractivity contribution in [2.24, 2.45) is 5.92 Å². The van der Waals surface area contributed by atoms with Gasteiger partial charge in [0.1, 0.15) is 11.6 Å². The predicted octanol–water partition coefficient (Wildman–Crippen LogP) is 9.29. The first-order valence-corrected chi connectivity index (χ1v) is 13.0. The largest absolute Gasteiger partial charge is 0.207 e. The highest BCUT2D eigenvalue weighted by atomic mass is 19.2. The summed E-state index contributed by atoms with van der Waals surface area (Å²) in [5.74, 6) is -4.70. The predicted molar refractivity (Wildman–Crippen MR) is 126 cm³/mol. The van der Waals surface area contributed by atoms with Crippen molar-refractivity contribution in [1.82, 2.24) is 0 Å². The van der Waals surface area contributed by atoms with Crippen molar-refractivity contribution in [3.63, 3.8) is 0 Å². The molecule has 0 radical (unpaired) electrons. The van der Waals surface area contributed by atoms with Crippen LogP contribution < -0.4 is 0 Å². The van der Waals surface area contributed by atoms with E-state index in [1.165, 1.54) is 50.7 Å². The molecule has 0 bridgehead atoms. The van der Waals surface area contributed by atoms with Gasteiger partial charge in [-0.25, -0.2) is 22.0 Å². The Morgan fingerprint density at radius 3 is 2.06 bits per heavy atom. The maximum Gasteiger partial charge on any atom is 0.194 e. The van der Waals surface area contributed by atoms with Gasteiger partial charge in [0.15, 0.2) is 17.5 Å². The molecule has 2 aromatic carbocycles. The van der Waals surface area contributed by atoms with Crippen molar-refractivity contribution in [1.29, 1.82) is 0 Å². The highest BCUT2D eigenvalue weighted by Gasteiger charge is 2.31. The fraction of sp³-hybridized carbons (Fsp3) is 0.586. The fourth-order valence-electron chi connectivity index (χ4n) is 6.12. The molecule has 0 amide bonds. The highest BCUT2D eigenvalue weighted by molar-refractivity contribution is 5.38. The molecule has 2 aliphatic carbocycles. The van der Waals surface area contributed by atoms with Crippen LogP contribution in [0.3, 0.4) is 0 Å². The molecule has 1 atom stereocenters. The van der Waals surface area contributed by atoms with Crippen molar-refractivity contribution in [2.75, 3.05) is 0 Å². The molecule has 1 saturated carbocycles. The highest BCUT2D eigenvalue weighted by Crippen LogP contribution is 2.41. The van der Waals surface area contributed by atoms with Gasteiger partial charge in [-0.15, -0.1) is 0 Å². The maximum atomic E-state index is 15.1. The lowest BCUT2D eigenvalue weighted by atomic mass is 9.75. The average molecular weight is 479 g/mol. The van der Waals surface area contributed by atoms with Crippen molar-refractivity contribution >= 4 is 0 Å². The van der Waals surface area contributed by atoms with Crippen LogP contribution in [0.1, 0.15) is 112 Å². The van der Waals surface area contributed by atoms with Crippen LogP contribution in [0.4, 0.5) is 22.0 Å².